The van der Waals surface area contributed by atoms with E-state index in [1.807, 2.05) is 0 Å². The van der Waals surface area contributed by atoms with Gasteiger partial charge in [-0.1, -0.05) is 0 Å². The van der Waals surface area contributed by atoms with Crippen molar-refractivity contribution in [2.24, 2.45) is 0 Å². The van der Waals surface area contributed by atoms with Gasteiger partial charge in [-0.25, -0.2) is 4.39 Å². The summed E-state index contributed by atoms with van der Waals surface area (Å²) in [5.74, 6) is -0.209. The second-order valence-electron chi connectivity index (χ2n) is 3.72. The zero-order valence-corrected chi connectivity index (χ0v) is 8.59. The van der Waals surface area contributed by atoms with Gasteiger partial charge in [0.15, 0.2) is 0 Å². The molecule has 1 atom stereocenters. The summed E-state index contributed by atoms with van der Waals surface area (Å²) in [6.07, 6.45) is -0.256. The Labute approximate surface area is 87.9 Å². The number of aromatic hydroxyl groups is 1. The third kappa shape index (κ3) is 2.11. The third-order valence-electron chi connectivity index (χ3n) is 2.57. The molecule has 1 unspecified atom stereocenters. The van der Waals surface area contributed by atoms with Crippen LogP contribution >= 0.6 is 0 Å². The second-order valence-corrected chi connectivity index (χ2v) is 3.72. The van der Waals surface area contributed by atoms with E-state index in [9.17, 15) is 9.50 Å². The molecule has 0 aliphatic carbocycles. The molecule has 0 aromatic heterocycles. The van der Waals surface area contributed by atoms with Crippen LogP contribution in [0.15, 0.2) is 12.1 Å². The Hall–Kier alpha value is -1.13. The molecule has 0 saturated carbocycles. The van der Waals surface area contributed by atoms with Crippen molar-refractivity contribution in [1.82, 2.24) is 5.32 Å². The summed E-state index contributed by atoms with van der Waals surface area (Å²) in [6, 6.07) is 2.65. The average Bonchev–Trinajstić information content (AvgIpc) is 2.24. The smallest absolute Gasteiger partial charge is 0.124 e. The fraction of sp³-hybridized carbons (Fsp3) is 0.455. The average molecular weight is 211 g/mol. The lowest BCUT2D eigenvalue weighted by atomic mass is 10.0. The van der Waals surface area contributed by atoms with Crippen LogP contribution in [-0.4, -0.2) is 24.8 Å². The van der Waals surface area contributed by atoms with E-state index in [2.05, 4.69) is 5.32 Å². The molecule has 1 fully saturated rings. The summed E-state index contributed by atoms with van der Waals surface area (Å²) in [6.45, 7) is 3.67. The molecule has 1 aliphatic rings. The lowest BCUT2D eigenvalue weighted by Crippen LogP contribution is -2.33. The number of phenols is 1. The highest BCUT2D eigenvalue weighted by molar-refractivity contribution is 5.41. The molecule has 15 heavy (non-hydrogen) atoms. The van der Waals surface area contributed by atoms with Crippen LogP contribution in [0.1, 0.15) is 17.2 Å². The first kappa shape index (κ1) is 10.4. The summed E-state index contributed by atoms with van der Waals surface area (Å²) in [5.41, 5.74) is 1.07. The first-order valence-electron chi connectivity index (χ1n) is 5.00. The zero-order chi connectivity index (χ0) is 10.8. The van der Waals surface area contributed by atoms with E-state index in [1.165, 1.54) is 12.1 Å². The van der Waals surface area contributed by atoms with Crippen molar-refractivity contribution in [2.75, 3.05) is 19.7 Å². The van der Waals surface area contributed by atoms with Gasteiger partial charge in [-0.3, -0.25) is 0 Å². The summed E-state index contributed by atoms with van der Waals surface area (Å²) in [7, 11) is 0. The van der Waals surface area contributed by atoms with E-state index in [1.54, 1.807) is 6.92 Å². The maximum absolute atomic E-state index is 13.2. The van der Waals surface area contributed by atoms with Crippen LogP contribution in [0.25, 0.3) is 0 Å². The first-order valence-corrected chi connectivity index (χ1v) is 5.00. The molecule has 3 nitrogen and oxygen atoms in total. The number of hydrogen-bond acceptors (Lipinski definition) is 3. The van der Waals surface area contributed by atoms with Gasteiger partial charge >= 0.3 is 0 Å². The number of morpholine rings is 1. The van der Waals surface area contributed by atoms with Crippen molar-refractivity contribution < 1.29 is 14.2 Å². The molecule has 0 spiro atoms. The Kier molecular flexibility index (Phi) is 2.88. The Morgan fingerprint density at radius 1 is 1.53 bits per heavy atom. The lowest BCUT2D eigenvalue weighted by molar-refractivity contribution is 0.0260. The molecule has 1 aromatic rings. The van der Waals surface area contributed by atoms with Gasteiger partial charge in [-0.15, -0.1) is 0 Å². The number of benzene rings is 1. The highest BCUT2D eigenvalue weighted by atomic mass is 19.1. The van der Waals surface area contributed by atoms with Crippen LogP contribution in [0.5, 0.6) is 5.75 Å². The van der Waals surface area contributed by atoms with E-state index < -0.39 is 0 Å². The fourth-order valence-electron chi connectivity index (χ4n) is 1.77. The first-order chi connectivity index (χ1) is 7.18. The van der Waals surface area contributed by atoms with Crippen LogP contribution in [0.3, 0.4) is 0 Å². The van der Waals surface area contributed by atoms with Crippen molar-refractivity contribution in [2.45, 2.75) is 13.0 Å². The monoisotopic (exact) mass is 211 g/mol. The van der Waals surface area contributed by atoms with Gasteiger partial charge in [0.2, 0.25) is 0 Å². The number of nitrogens with one attached hydrogen (secondary N) is 1. The van der Waals surface area contributed by atoms with Crippen molar-refractivity contribution in [3.63, 3.8) is 0 Å². The van der Waals surface area contributed by atoms with Gasteiger partial charge in [-0.2, -0.15) is 0 Å². The van der Waals surface area contributed by atoms with Crippen LogP contribution in [-0.2, 0) is 4.74 Å². The Balaban J connectivity index is 2.33. The van der Waals surface area contributed by atoms with Crippen molar-refractivity contribution in [3.05, 3.63) is 29.1 Å². The van der Waals surface area contributed by atoms with Crippen molar-refractivity contribution >= 4 is 0 Å². The number of halogens is 1. The van der Waals surface area contributed by atoms with E-state index >= 15 is 0 Å². The molecular weight excluding hydrogens is 197 g/mol. The molecular formula is C11H14FNO2. The summed E-state index contributed by atoms with van der Waals surface area (Å²) in [5, 5.41) is 12.9. The zero-order valence-electron chi connectivity index (χ0n) is 8.59. The minimum Gasteiger partial charge on any atom is -0.507 e. The Morgan fingerprint density at radius 2 is 2.33 bits per heavy atom. The van der Waals surface area contributed by atoms with Gasteiger partial charge < -0.3 is 15.2 Å². The molecule has 1 aliphatic heterocycles. The molecule has 1 saturated heterocycles. The van der Waals surface area contributed by atoms with Gasteiger partial charge in [0.25, 0.3) is 0 Å². The van der Waals surface area contributed by atoms with Crippen LogP contribution in [0.2, 0.25) is 0 Å². The molecule has 82 valence electrons. The third-order valence-corrected chi connectivity index (χ3v) is 2.57. The molecule has 0 amide bonds. The van der Waals surface area contributed by atoms with Crippen LogP contribution in [0, 0.1) is 12.7 Å². The highest BCUT2D eigenvalue weighted by Crippen LogP contribution is 2.31. The molecule has 0 bridgehead atoms. The number of rotatable bonds is 1. The molecule has 2 rings (SSSR count). The maximum atomic E-state index is 13.2. The topological polar surface area (TPSA) is 41.5 Å². The normalized spacial score (nSPS) is 21.6. The predicted octanol–water partition coefficient (Wildman–Crippen LogP) is 1.50. The minimum atomic E-state index is -0.338. The SMILES string of the molecule is Cc1cc(F)cc(C2CNCCO2)c1O. The van der Waals surface area contributed by atoms with E-state index in [0.29, 0.717) is 24.3 Å². The predicted molar refractivity (Wildman–Crippen MR) is 54.4 cm³/mol. The summed E-state index contributed by atoms with van der Waals surface area (Å²) < 4.78 is 18.6. The van der Waals surface area contributed by atoms with Crippen molar-refractivity contribution in [1.29, 1.82) is 0 Å². The van der Waals surface area contributed by atoms with Gasteiger partial charge in [0, 0.05) is 18.7 Å². The maximum Gasteiger partial charge on any atom is 0.124 e. The Bertz CT molecular complexity index is 362. The lowest BCUT2D eigenvalue weighted by Gasteiger charge is -2.25. The fourth-order valence-corrected chi connectivity index (χ4v) is 1.77. The molecule has 1 aromatic carbocycles. The number of phenolic OH excluding ortho intramolecular Hbond substituents is 1. The van der Waals surface area contributed by atoms with Gasteiger partial charge in [0.05, 0.1) is 12.7 Å². The number of hydrogen-bond donors (Lipinski definition) is 2. The molecule has 0 radical (unpaired) electrons. The summed E-state index contributed by atoms with van der Waals surface area (Å²) in [4.78, 5) is 0. The van der Waals surface area contributed by atoms with E-state index in [0.717, 1.165) is 6.54 Å². The summed E-state index contributed by atoms with van der Waals surface area (Å²) >= 11 is 0. The molecule has 4 heteroatoms. The van der Waals surface area contributed by atoms with Crippen LogP contribution in [0.4, 0.5) is 4.39 Å². The number of aryl methyl sites for hydroxylation is 1. The van der Waals surface area contributed by atoms with Crippen molar-refractivity contribution in [3.8, 4) is 5.75 Å². The highest BCUT2D eigenvalue weighted by Gasteiger charge is 2.20. The quantitative estimate of drug-likeness (QED) is 0.739. The Morgan fingerprint density at radius 3 is 3.00 bits per heavy atom. The standard InChI is InChI=1S/C11H14FNO2/c1-7-4-8(12)5-9(11(7)14)10-6-13-2-3-15-10/h4-5,10,13-14H,2-3,6H2,1H3. The van der Waals surface area contributed by atoms with E-state index in [4.69, 9.17) is 4.74 Å². The van der Waals surface area contributed by atoms with Crippen LogP contribution < -0.4 is 5.32 Å². The molecule has 2 N–H and O–H groups in total. The van der Waals surface area contributed by atoms with E-state index in [-0.39, 0.29) is 17.7 Å². The molecule has 1 heterocycles. The minimum absolute atomic E-state index is 0.130. The second kappa shape index (κ2) is 4.16. The largest absolute Gasteiger partial charge is 0.507 e. The number of ether oxygens (including phenoxy) is 1. The van der Waals surface area contributed by atoms with Gasteiger partial charge in [0.1, 0.15) is 11.6 Å². The van der Waals surface area contributed by atoms with Gasteiger partial charge in [-0.05, 0) is 24.6 Å².